The number of hydrogen-bond donors (Lipinski definition) is 2. The van der Waals surface area contributed by atoms with Crippen LogP contribution in [0.2, 0.25) is 0 Å². The summed E-state index contributed by atoms with van der Waals surface area (Å²) in [7, 11) is 0. The van der Waals surface area contributed by atoms with Gasteiger partial charge in [-0.25, -0.2) is 0 Å². The van der Waals surface area contributed by atoms with Gasteiger partial charge in [0.15, 0.2) is 0 Å². The zero-order chi connectivity index (χ0) is 17.0. The average molecular weight is 309 g/mol. The number of aryl methyl sites for hydroxylation is 1. The molecule has 5 heteroatoms. The molecule has 1 heterocycles. The molecule has 1 aromatic heterocycles. The van der Waals surface area contributed by atoms with Crippen LogP contribution in [-0.4, -0.2) is 33.9 Å². The fraction of sp³-hybridized carbons (Fsp3) is 0.765. The predicted molar refractivity (Wildman–Crippen MR) is 89.0 cm³/mol. The third-order valence-electron chi connectivity index (χ3n) is 4.52. The third kappa shape index (κ3) is 4.32. The molecule has 0 radical (unpaired) electrons. The summed E-state index contributed by atoms with van der Waals surface area (Å²) in [6.07, 6.45) is 2.56. The molecule has 0 atom stereocenters. The van der Waals surface area contributed by atoms with Gasteiger partial charge in [0.05, 0.1) is 5.54 Å². The van der Waals surface area contributed by atoms with Crippen LogP contribution in [0.4, 0.5) is 0 Å². The minimum Gasteiger partial charge on any atom is -0.396 e. The van der Waals surface area contributed by atoms with E-state index < -0.39 is 0 Å². The van der Waals surface area contributed by atoms with Crippen molar-refractivity contribution in [2.24, 2.45) is 5.41 Å². The summed E-state index contributed by atoms with van der Waals surface area (Å²) in [5, 5.41) is 16.7. The summed E-state index contributed by atoms with van der Waals surface area (Å²) in [4.78, 5) is 12.4. The summed E-state index contributed by atoms with van der Waals surface area (Å²) in [5.41, 5.74) is 1.25. The van der Waals surface area contributed by atoms with Crippen LogP contribution in [0.1, 0.15) is 70.1 Å². The van der Waals surface area contributed by atoms with E-state index in [1.54, 1.807) is 0 Å². The monoisotopic (exact) mass is 309 g/mol. The van der Waals surface area contributed by atoms with Crippen molar-refractivity contribution in [2.75, 3.05) is 13.2 Å². The Bertz CT molecular complexity index is 496. The van der Waals surface area contributed by atoms with E-state index in [-0.39, 0.29) is 23.5 Å². The highest BCUT2D eigenvalue weighted by Crippen LogP contribution is 2.29. The fourth-order valence-corrected chi connectivity index (χ4v) is 2.80. The first-order chi connectivity index (χ1) is 10.2. The van der Waals surface area contributed by atoms with Crippen LogP contribution in [0.15, 0.2) is 6.07 Å². The number of nitrogens with zero attached hydrogens (tertiary/aromatic N) is 2. The van der Waals surface area contributed by atoms with Gasteiger partial charge in [-0.2, -0.15) is 5.10 Å². The number of rotatable bonds is 7. The highest BCUT2D eigenvalue weighted by Gasteiger charge is 2.27. The van der Waals surface area contributed by atoms with Gasteiger partial charge in [0.25, 0.3) is 5.91 Å². The molecule has 2 N–H and O–H groups in total. The number of aliphatic hydroxyl groups excluding tert-OH is 1. The van der Waals surface area contributed by atoms with E-state index in [0.717, 1.165) is 18.5 Å². The number of amides is 1. The molecule has 0 saturated heterocycles. The lowest BCUT2D eigenvalue weighted by Crippen LogP contribution is -2.38. The number of aliphatic hydroxyl groups is 1. The van der Waals surface area contributed by atoms with Gasteiger partial charge >= 0.3 is 0 Å². The van der Waals surface area contributed by atoms with Gasteiger partial charge in [0.2, 0.25) is 0 Å². The minimum atomic E-state index is -0.143. The molecule has 0 aliphatic rings. The normalized spacial score (nSPS) is 12.5. The Morgan fingerprint density at radius 3 is 2.32 bits per heavy atom. The van der Waals surface area contributed by atoms with Crippen LogP contribution >= 0.6 is 0 Å². The van der Waals surface area contributed by atoms with E-state index in [2.05, 4.69) is 45.0 Å². The second-order valence-corrected chi connectivity index (χ2v) is 7.12. The maximum Gasteiger partial charge on any atom is 0.271 e. The highest BCUT2D eigenvalue weighted by atomic mass is 16.3. The van der Waals surface area contributed by atoms with Crippen LogP contribution in [0.3, 0.4) is 0 Å². The van der Waals surface area contributed by atoms with E-state index in [9.17, 15) is 9.90 Å². The first-order valence-electron chi connectivity index (χ1n) is 8.15. The van der Waals surface area contributed by atoms with E-state index in [0.29, 0.717) is 18.7 Å². The Labute approximate surface area is 134 Å². The van der Waals surface area contributed by atoms with Gasteiger partial charge in [0.1, 0.15) is 5.69 Å². The van der Waals surface area contributed by atoms with E-state index >= 15 is 0 Å². The quantitative estimate of drug-likeness (QED) is 0.814. The van der Waals surface area contributed by atoms with Crippen molar-refractivity contribution < 1.29 is 9.90 Å². The third-order valence-corrected chi connectivity index (χ3v) is 4.52. The van der Waals surface area contributed by atoms with Gasteiger partial charge in [-0.15, -0.1) is 0 Å². The lowest BCUT2D eigenvalue weighted by atomic mass is 9.79. The fourth-order valence-electron chi connectivity index (χ4n) is 2.80. The summed E-state index contributed by atoms with van der Waals surface area (Å²) < 4.78 is 1.88. The molecule has 0 bridgehead atoms. The number of aromatic nitrogens is 2. The predicted octanol–water partition coefficient (Wildman–Crippen LogP) is 2.87. The lowest BCUT2D eigenvalue weighted by molar-refractivity contribution is 0.0901. The maximum atomic E-state index is 12.4. The Hall–Kier alpha value is -1.36. The SMILES string of the molecule is CCC(CC)(CCO)CNC(=O)c1cc(C)n(C(C)(C)C)n1. The van der Waals surface area contributed by atoms with Crippen molar-refractivity contribution in [3.63, 3.8) is 0 Å². The molecule has 126 valence electrons. The molecule has 0 fully saturated rings. The van der Waals surface area contributed by atoms with E-state index in [1.165, 1.54) is 0 Å². The van der Waals surface area contributed by atoms with Crippen molar-refractivity contribution in [3.05, 3.63) is 17.5 Å². The Morgan fingerprint density at radius 1 is 1.32 bits per heavy atom. The first kappa shape index (κ1) is 18.7. The lowest BCUT2D eigenvalue weighted by Gasteiger charge is -2.31. The molecule has 1 rings (SSSR count). The van der Waals surface area contributed by atoms with Crippen molar-refractivity contribution in [1.82, 2.24) is 15.1 Å². The van der Waals surface area contributed by atoms with Gasteiger partial charge in [-0.1, -0.05) is 13.8 Å². The smallest absolute Gasteiger partial charge is 0.271 e. The Kier molecular flexibility index (Phi) is 6.17. The van der Waals surface area contributed by atoms with E-state index in [1.807, 2.05) is 17.7 Å². The molecule has 0 aliphatic heterocycles. The van der Waals surface area contributed by atoms with Crippen molar-refractivity contribution in [2.45, 2.75) is 66.3 Å². The zero-order valence-corrected chi connectivity index (χ0v) is 14.9. The number of hydrogen-bond acceptors (Lipinski definition) is 3. The average Bonchev–Trinajstić information content (AvgIpc) is 2.85. The van der Waals surface area contributed by atoms with Crippen LogP contribution in [0, 0.1) is 12.3 Å². The second-order valence-electron chi connectivity index (χ2n) is 7.12. The van der Waals surface area contributed by atoms with Gasteiger partial charge in [-0.05, 0) is 58.4 Å². The Balaban J connectivity index is 2.82. The van der Waals surface area contributed by atoms with Crippen molar-refractivity contribution >= 4 is 5.91 Å². The second kappa shape index (κ2) is 7.27. The molecule has 1 amide bonds. The molecule has 22 heavy (non-hydrogen) atoms. The maximum absolute atomic E-state index is 12.4. The van der Waals surface area contributed by atoms with Gasteiger partial charge < -0.3 is 10.4 Å². The molecule has 0 aromatic carbocycles. The highest BCUT2D eigenvalue weighted by molar-refractivity contribution is 5.92. The molecule has 0 aliphatic carbocycles. The summed E-state index contributed by atoms with van der Waals surface area (Å²) in [6, 6.07) is 1.83. The Morgan fingerprint density at radius 2 is 1.91 bits per heavy atom. The standard InChI is InChI=1S/C17H31N3O2/c1-7-17(8-2,9-10-21)12-18-15(22)14-11-13(3)20(19-14)16(4,5)6/h11,21H,7-10,12H2,1-6H3,(H,18,22). The summed E-state index contributed by atoms with van der Waals surface area (Å²) in [6.45, 7) is 13.1. The topological polar surface area (TPSA) is 67.2 Å². The molecular weight excluding hydrogens is 278 g/mol. The molecule has 0 spiro atoms. The number of carbonyl (C=O) groups excluding carboxylic acids is 1. The number of nitrogens with one attached hydrogen (secondary N) is 1. The van der Waals surface area contributed by atoms with Crippen LogP contribution in [0.5, 0.6) is 0 Å². The van der Waals surface area contributed by atoms with Crippen molar-refractivity contribution in [3.8, 4) is 0 Å². The van der Waals surface area contributed by atoms with Crippen LogP contribution in [-0.2, 0) is 5.54 Å². The van der Waals surface area contributed by atoms with E-state index in [4.69, 9.17) is 0 Å². The largest absolute Gasteiger partial charge is 0.396 e. The summed E-state index contributed by atoms with van der Waals surface area (Å²) in [5.74, 6) is -0.143. The molecule has 0 saturated carbocycles. The first-order valence-corrected chi connectivity index (χ1v) is 8.15. The molecule has 5 nitrogen and oxygen atoms in total. The minimum absolute atomic E-state index is 0.0357. The molecular formula is C17H31N3O2. The van der Waals surface area contributed by atoms with Gasteiger partial charge in [0, 0.05) is 18.8 Å². The molecule has 1 aromatic rings. The van der Waals surface area contributed by atoms with Gasteiger partial charge in [-0.3, -0.25) is 9.48 Å². The number of carbonyl (C=O) groups is 1. The van der Waals surface area contributed by atoms with Crippen LogP contribution in [0.25, 0.3) is 0 Å². The molecule has 0 unspecified atom stereocenters. The van der Waals surface area contributed by atoms with Crippen molar-refractivity contribution in [1.29, 1.82) is 0 Å². The summed E-state index contributed by atoms with van der Waals surface area (Å²) >= 11 is 0. The van der Waals surface area contributed by atoms with Crippen LogP contribution < -0.4 is 5.32 Å². The zero-order valence-electron chi connectivity index (χ0n) is 14.9.